The van der Waals surface area contributed by atoms with Gasteiger partial charge in [0.1, 0.15) is 0 Å². The molecule has 0 amide bonds. The molecule has 0 radical (unpaired) electrons. The van der Waals surface area contributed by atoms with Gasteiger partial charge >= 0.3 is 5.97 Å². The van der Waals surface area contributed by atoms with Crippen LogP contribution in [0.5, 0.6) is 0 Å². The Morgan fingerprint density at radius 3 is 2.67 bits per heavy atom. The van der Waals surface area contributed by atoms with E-state index >= 15 is 0 Å². The molecule has 1 saturated carbocycles. The van der Waals surface area contributed by atoms with Crippen molar-refractivity contribution in [2.45, 2.75) is 19.3 Å². The number of hydrogen-bond acceptors (Lipinski definition) is 2. The molecule has 0 atom stereocenters. The van der Waals surface area contributed by atoms with Gasteiger partial charge in [0, 0.05) is 4.47 Å². The molecule has 1 aromatic carbocycles. The van der Waals surface area contributed by atoms with Crippen LogP contribution in [0.15, 0.2) is 28.7 Å². The van der Waals surface area contributed by atoms with E-state index in [1.807, 2.05) is 24.3 Å². The van der Waals surface area contributed by atoms with Gasteiger partial charge in [0.05, 0.1) is 12.5 Å². The van der Waals surface area contributed by atoms with Gasteiger partial charge in [-0.05, 0) is 30.9 Å². The lowest BCUT2D eigenvalue weighted by molar-refractivity contribution is -0.147. The minimum atomic E-state index is -0.237. The molecule has 80 valence electrons. The van der Waals surface area contributed by atoms with Gasteiger partial charge in [-0.1, -0.05) is 34.1 Å². The second kappa shape index (κ2) is 3.97. The van der Waals surface area contributed by atoms with Crippen molar-refractivity contribution < 1.29 is 9.53 Å². The lowest BCUT2D eigenvalue weighted by Gasteiger charge is -2.13. The molecular weight excluding hydrogens is 256 g/mol. The summed E-state index contributed by atoms with van der Waals surface area (Å²) in [6.07, 6.45) is 2.67. The third-order valence-corrected chi connectivity index (χ3v) is 3.73. The summed E-state index contributed by atoms with van der Waals surface area (Å²) in [5.74, 6) is -0.0711. The second-order valence-electron chi connectivity index (χ2n) is 4.04. The van der Waals surface area contributed by atoms with Crippen LogP contribution in [0.1, 0.15) is 18.4 Å². The van der Waals surface area contributed by atoms with E-state index in [2.05, 4.69) is 15.9 Å². The largest absolute Gasteiger partial charge is 0.469 e. The summed E-state index contributed by atoms with van der Waals surface area (Å²) in [5.41, 5.74) is 0.943. The summed E-state index contributed by atoms with van der Waals surface area (Å²) >= 11 is 3.50. The summed E-state index contributed by atoms with van der Waals surface area (Å²) in [6.45, 7) is 0. The maximum Gasteiger partial charge on any atom is 0.312 e. The van der Waals surface area contributed by atoms with Crippen LogP contribution in [0, 0.1) is 5.41 Å². The maximum atomic E-state index is 11.6. The molecule has 3 heteroatoms. The number of carbonyl (C=O) groups excluding carboxylic acids is 1. The van der Waals surface area contributed by atoms with Crippen molar-refractivity contribution in [1.82, 2.24) is 0 Å². The molecule has 0 saturated heterocycles. The fourth-order valence-electron chi connectivity index (χ4n) is 1.83. The SMILES string of the molecule is COC(=O)C1(Cc2ccccc2Br)CC1. The molecule has 2 rings (SSSR count). The Morgan fingerprint density at radius 1 is 1.47 bits per heavy atom. The van der Waals surface area contributed by atoms with Crippen LogP contribution in [-0.2, 0) is 16.0 Å². The van der Waals surface area contributed by atoms with E-state index in [-0.39, 0.29) is 11.4 Å². The van der Waals surface area contributed by atoms with E-state index < -0.39 is 0 Å². The van der Waals surface area contributed by atoms with E-state index in [1.54, 1.807) is 0 Å². The predicted octanol–water partition coefficient (Wildman–Crippen LogP) is 2.94. The van der Waals surface area contributed by atoms with Crippen molar-refractivity contribution in [3.05, 3.63) is 34.3 Å². The Kier molecular flexibility index (Phi) is 2.83. The molecule has 15 heavy (non-hydrogen) atoms. The quantitative estimate of drug-likeness (QED) is 0.788. The van der Waals surface area contributed by atoms with E-state index in [0.29, 0.717) is 0 Å². The van der Waals surface area contributed by atoms with Crippen molar-refractivity contribution in [2.75, 3.05) is 7.11 Å². The number of esters is 1. The first-order chi connectivity index (χ1) is 7.18. The molecule has 1 aromatic rings. The molecule has 0 bridgehead atoms. The summed E-state index contributed by atoms with van der Waals surface area (Å²) in [7, 11) is 1.46. The first-order valence-electron chi connectivity index (χ1n) is 5.00. The van der Waals surface area contributed by atoms with Crippen molar-refractivity contribution in [3.63, 3.8) is 0 Å². The first kappa shape index (κ1) is 10.7. The maximum absolute atomic E-state index is 11.6. The highest BCUT2D eigenvalue weighted by Crippen LogP contribution is 2.50. The van der Waals surface area contributed by atoms with Gasteiger partial charge in [-0.2, -0.15) is 0 Å². The summed E-state index contributed by atoms with van der Waals surface area (Å²) in [5, 5.41) is 0. The molecule has 0 aromatic heterocycles. The van der Waals surface area contributed by atoms with Gasteiger partial charge in [0.25, 0.3) is 0 Å². The number of methoxy groups -OCH3 is 1. The molecule has 0 unspecified atom stereocenters. The Labute approximate surface area is 97.8 Å². The van der Waals surface area contributed by atoms with E-state index in [4.69, 9.17) is 4.74 Å². The van der Waals surface area contributed by atoms with Gasteiger partial charge in [-0.15, -0.1) is 0 Å². The smallest absolute Gasteiger partial charge is 0.312 e. The number of halogens is 1. The van der Waals surface area contributed by atoms with Crippen LogP contribution >= 0.6 is 15.9 Å². The van der Waals surface area contributed by atoms with Gasteiger partial charge < -0.3 is 4.74 Å². The summed E-state index contributed by atoms with van der Waals surface area (Å²) in [6, 6.07) is 8.02. The van der Waals surface area contributed by atoms with Gasteiger partial charge in [0.2, 0.25) is 0 Å². The average molecular weight is 269 g/mol. The number of ether oxygens (including phenoxy) is 1. The lowest BCUT2D eigenvalue weighted by Crippen LogP contribution is -2.20. The minimum absolute atomic E-state index is 0.0711. The highest BCUT2D eigenvalue weighted by Gasteiger charge is 2.50. The van der Waals surface area contributed by atoms with Crippen LogP contribution in [0.25, 0.3) is 0 Å². The Hall–Kier alpha value is -0.830. The van der Waals surface area contributed by atoms with Crippen LogP contribution in [0.3, 0.4) is 0 Å². The van der Waals surface area contributed by atoms with Crippen LogP contribution in [0.2, 0.25) is 0 Å². The van der Waals surface area contributed by atoms with Crippen molar-refractivity contribution in [3.8, 4) is 0 Å². The topological polar surface area (TPSA) is 26.3 Å². The fourth-order valence-corrected chi connectivity index (χ4v) is 2.25. The lowest BCUT2D eigenvalue weighted by atomic mass is 9.97. The summed E-state index contributed by atoms with van der Waals surface area (Å²) < 4.78 is 5.90. The standard InChI is InChI=1S/C12H13BrO2/c1-15-11(14)12(6-7-12)8-9-4-2-3-5-10(9)13/h2-5H,6-8H2,1H3. The van der Waals surface area contributed by atoms with Gasteiger partial charge in [-0.25, -0.2) is 0 Å². The van der Waals surface area contributed by atoms with E-state index in [1.165, 1.54) is 12.7 Å². The van der Waals surface area contributed by atoms with E-state index in [0.717, 1.165) is 23.7 Å². The molecule has 0 spiro atoms. The molecule has 0 heterocycles. The second-order valence-corrected chi connectivity index (χ2v) is 4.89. The predicted molar refractivity (Wildman–Crippen MR) is 61.5 cm³/mol. The number of carbonyl (C=O) groups is 1. The Balaban J connectivity index is 2.16. The zero-order chi connectivity index (χ0) is 10.9. The molecule has 1 aliphatic carbocycles. The van der Waals surface area contributed by atoms with Gasteiger partial charge in [-0.3, -0.25) is 4.79 Å². The molecule has 2 nitrogen and oxygen atoms in total. The molecule has 1 aliphatic rings. The van der Waals surface area contributed by atoms with E-state index in [9.17, 15) is 4.79 Å². The molecular formula is C12H13BrO2. The minimum Gasteiger partial charge on any atom is -0.469 e. The molecule has 1 fully saturated rings. The van der Waals surface area contributed by atoms with Crippen molar-refractivity contribution >= 4 is 21.9 Å². The molecule has 0 aliphatic heterocycles. The monoisotopic (exact) mass is 268 g/mol. The summed E-state index contributed by atoms with van der Waals surface area (Å²) in [4.78, 5) is 11.6. The zero-order valence-corrected chi connectivity index (χ0v) is 10.2. The normalized spacial score (nSPS) is 17.2. The number of benzene rings is 1. The zero-order valence-electron chi connectivity index (χ0n) is 8.63. The highest BCUT2D eigenvalue weighted by molar-refractivity contribution is 9.10. The van der Waals surface area contributed by atoms with Crippen LogP contribution < -0.4 is 0 Å². The van der Waals surface area contributed by atoms with Crippen molar-refractivity contribution in [1.29, 1.82) is 0 Å². The van der Waals surface area contributed by atoms with Crippen LogP contribution in [0.4, 0.5) is 0 Å². The van der Waals surface area contributed by atoms with Crippen LogP contribution in [-0.4, -0.2) is 13.1 Å². The highest BCUT2D eigenvalue weighted by atomic mass is 79.9. The fraction of sp³-hybridized carbons (Fsp3) is 0.417. The van der Waals surface area contributed by atoms with Crippen molar-refractivity contribution in [2.24, 2.45) is 5.41 Å². The number of rotatable bonds is 3. The number of hydrogen-bond donors (Lipinski definition) is 0. The first-order valence-corrected chi connectivity index (χ1v) is 5.79. The van der Waals surface area contributed by atoms with Gasteiger partial charge in [0.15, 0.2) is 0 Å². The molecule has 0 N–H and O–H groups in total. The Morgan fingerprint density at radius 2 is 2.13 bits per heavy atom. The Bertz CT molecular complexity index is 383. The third-order valence-electron chi connectivity index (χ3n) is 2.96. The third kappa shape index (κ3) is 2.07. The average Bonchev–Trinajstić information content (AvgIpc) is 3.01.